The second-order valence-corrected chi connectivity index (χ2v) is 18.7. The monoisotopic (exact) mass is 863 g/mol. The third-order valence-corrected chi connectivity index (χ3v) is 14.8. The van der Waals surface area contributed by atoms with Crippen LogP contribution in [-0.4, -0.2) is 0 Å². The summed E-state index contributed by atoms with van der Waals surface area (Å²) in [7, 11) is 0. The summed E-state index contributed by atoms with van der Waals surface area (Å²) in [5.41, 5.74) is 24.3. The first-order valence-electron chi connectivity index (χ1n) is 24.0. The van der Waals surface area contributed by atoms with E-state index in [4.69, 9.17) is 0 Å². The van der Waals surface area contributed by atoms with Crippen LogP contribution in [0.15, 0.2) is 237 Å². The van der Waals surface area contributed by atoms with E-state index in [0.29, 0.717) is 5.92 Å². The van der Waals surface area contributed by atoms with Gasteiger partial charge in [0.2, 0.25) is 0 Å². The Morgan fingerprint density at radius 2 is 0.721 bits per heavy atom. The van der Waals surface area contributed by atoms with Gasteiger partial charge in [0.25, 0.3) is 0 Å². The molecule has 0 fully saturated rings. The van der Waals surface area contributed by atoms with Crippen LogP contribution in [0.3, 0.4) is 0 Å². The Bertz CT molecular complexity index is 3860. The first-order chi connectivity index (χ1) is 33.7. The molecule has 0 N–H and O–H groups in total. The smallest absolute Gasteiger partial charge is 0.0468 e. The number of hydrogen-bond acceptors (Lipinski definition) is 1. The molecule has 1 nitrogen and oxygen atoms in total. The number of para-hydroxylation sites is 2. The van der Waals surface area contributed by atoms with Crippen molar-refractivity contribution in [1.82, 2.24) is 0 Å². The fourth-order valence-corrected chi connectivity index (χ4v) is 12.1. The molecule has 1 unspecified atom stereocenters. The van der Waals surface area contributed by atoms with Crippen molar-refractivity contribution < 1.29 is 0 Å². The maximum absolute atomic E-state index is 2.48. The number of benzene rings is 11. The van der Waals surface area contributed by atoms with Crippen LogP contribution in [0.2, 0.25) is 0 Å². The Hall–Kier alpha value is -8.52. The molecule has 11 aromatic rings. The summed E-state index contributed by atoms with van der Waals surface area (Å²) >= 11 is 0. The molecule has 0 saturated heterocycles. The van der Waals surface area contributed by atoms with Gasteiger partial charge in [-0.2, -0.15) is 0 Å². The highest BCUT2D eigenvalue weighted by atomic mass is 15.1. The van der Waals surface area contributed by atoms with Gasteiger partial charge in [-0.3, -0.25) is 0 Å². The van der Waals surface area contributed by atoms with Crippen molar-refractivity contribution in [2.45, 2.75) is 13.3 Å². The summed E-state index contributed by atoms with van der Waals surface area (Å²) < 4.78 is 0. The average Bonchev–Trinajstić information content (AvgIpc) is 3.91. The zero-order valence-electron chi connectivity index (χ0n) is 37.7. The summed E-state index contributed by atoms with van der Waals surface area (Å²) in [6, 6.07) is 81.1. The Morgan fingerprint density at radius 1 is 0.338 bits per heavy atom. The molecule has 0 aromatic heterocycles. The Kier molecular flexibility index (Phi) is 8.70. The van der Waals surface area contributed by atoms with E-state index in [1.54, 1.807) is 0 Å². The third kappa shape index (κ3) is 5.69. The number of hydrogen-bond donors (Lipinski definition) is 0. The molecule has 0 aliphatic heterocycles. The van der Waals surface area contributed by atoms with E-state index in [0.717, 1.165) is 23.5 Å². The van der Waals surface area contributed by atoms with Crippen LogP contribution >= 0.6 is 0 Å². The minimum absolute atomic E-state index is 0.461. The highest BCUT2D eigenvalue weighted by Gasteiger charge is 2.37. The second-order valence-electron chi connectivity index (χ2n) is 18.7. The van der Waals surface area contributed by atoms with E-state index in [-0.39, 0.29) is 0 Å². The molecule has 0 spiro atoms. The number of fused-ring (bicyclic) bond motifs is 8. The Morgan fingerprint density at radius 3 is 1.18 bits per heavy atom. The molecule has 3 aliphatic carbocycles. The Labute approximate surface area is 397 Å². The van der Waals surface area contributed by atoms with Gasteiger partial charge < -0.3 is 4.90 Å². The van der Waals surface area contributed by atoms with E-state index < -0.39 is 0 Å². The zero-order valence-corrected chi connectivity index (χ0v) is 37.7. The van der Waals surface area contributed by atoms with E-state index in [2.05, 4.69) is 248 Å². The number of rotatable bonds is 7. The van der Waals surface area contributed by atoms with Gasteiger partial charge >= 0.3 is 0 Å². The molecule has 0 bridgehead atoms. The molecule has 0 saturated carbocycles. The van der Waals surface area contributed by atoms with Gasteiger partial charge in [-0.25, -0.2) is 0 Å². The summed E-state index contributed by atoms with van der Waals surface area (Å²) in [4.78, 5) is 2.39. The van der Waals surface area contributed by atoms with Gasteiger partial charge in [-0.05, 0) is 170 Å². The fourth-order valence-electron chi connectivity index (χ4n) is 12.1. The molecule has 0 radical (unpaired) electrons. The number of nitrogens with zero attached hydrogens (tertiary/aromatic N) is 1. The van der Waals surface area contributed by atoms with Gasteiger partial charge in [0.15, 0.2) is 0 Å². The lowest BCUT2D eigenvalue weighted by molar-refractivity contribution is 0.749. The summed E-state index contributed by atoms with van der Waals surface area (Å²) in [5.74, 6) is 0.461. The lowest BCUT2D eigenvalue weighted by Gasteiger charge is -2.27. The quantitative estimate of drug-likeness (QED) is 0.154. The SMILES string of the molecule is CC1C=CC=C(c2c3c(c(-c4ccccc4)c4ccccc24)-c2ccc4c5c(ccc-3c25)-c2c-4c(-c3ccccc3)c3cc(N(c4ccccc4)c4ccccc4)ccc3c2-c2ccccc2)C1. The van der Waals surface area contributed by atoms with Crippen molar-refractivity contribution in [3.8, 4) is 77.9 Å². The van der Waals surface area contributed by atoms with E-state index in [1.165, 1.54) is 121 Å². The number of anilines is 3. The fraction of sp³-hybridized carbons (Fsp3) is 0.0448. The van der Waals surface area contributed by atoms with Crippen molar-refractivity contribution in [3.63, 3.8) is 0 Å². The van der Waals surface area contributed by atoms with Gasteiger partial charge in [-0.1, -0.05) is 207 Å². The standard InChI is InChI=1S/C67H45N/c1-42-20-19-27-46(40-42)61-51-33-18-17-32-50(51)58(43-21-7-2-8-22-43)64-53-36-38-55-62-54(37-39-56(63(53)62)67(61)64)65-59(44-23-9-3-10-24-44)52-35-34-49(41-57(52)60(66(55)65)45-25-11-4-12-26-45)68(47-28-13-5-14-29-47)48-30-15-6-16-31-48/h2-39,41-42H,40H2,1H3. The molecule has 0 heterocycles. The van der Waals surface area contributed by atoms with E-state index in [9.17, 15) is 0 Å². The average molecular weight is 864 g/mol. The van der Waals surface area contributed by atoms with Crippen LogP contribution in [-0.2, 0) is 0 Å². The van der Waals surface area contributed by atoms with E-state index >= 15 is 0 Å². The lowest BCUT2D eigenvalue weighted by Crippen LogP contribution is -2.09. The van der Waals surface area contributed by atoms with Crippen LogP contribution < -0.4 is 4.90 Å². The maximum Gasteiger partial charge on any atom is 0.0468 e. The molecule has 318 valence electrons. The molecular formula is C67H45N. The normalized spacial score (nSPS) is 14.1. The first-order valence-corrected chi connectivity index (χ1v) is 24.0. The predicted octanol–water partition coefficient (Wildman–Crippen LogP) is 18.9. The molecule has 14 rings (SSSR count). The molecular weight excluding hydrogens is 819 g/mol. The topological polar surface area (TPSA) is 3.24 Å². The summed E-state index contributed by atoms with van der Waals surface area (Å²) in [5, 5.41) is 7.82. The van der Waals surface area contributed by atoms with Crippen LogP contribution in [0.25, 0.3) is 116 Å². The summed E-state index contributed by atoms with van der Waals surface area (Å²) in [6.07, 6.45) is 8.02. The van der Waals surface area contributed by atoms with Crippen molar-refractivity contribution in [2.24, 2.45) is 5.92 Å². The van der Waals surface area contributed by atoms with Gasteiger partial charge in [0.05, 0.1) is 0 Å². The highest BCUT2D eigenvalue weighted by Crippen LogP contribution is 2.64. The van der Waals surface area contributed by atoms with Crippen molar-refractivity contribution in [2.75, 3.05) is 4.90 Å². The number of allylic oxidation sites excluding steroid dienone is 4. The summed E-state index contributed by atoms with van der Waals surface area (Å²) in [6.45, 7) is 2.35. The van der Waals surface area contributed by atoms with E-state index in [1.807, 2.05) is 0 Å². The van der Waals surface area contributed by atoms with Crippen LogP contribution in [0.5, 0.6) is 0 Å². The van der Waals surface area contributed by atoms with Gasteiger partial charge in [-0.15, -0.1) is 0 Å². The molecule has 1 heteroatoms. The highest BCUT2D eigenvalue weighted by molar-refractivity contribution is 6.35. The minimum atomic E-state index is 0.461. The molecule has 0 amide bonds. The van der Waals surface area contributed by atoms with Crippen LogP contribution in [0, 0.1) is 5.92 Å². The molecule has 1 atom stereocenters. The molecule has 3 aliphatic rings. The van der Waals surface area contributed by atoms with Crippen LogP contribution in [0.4, 0.5) is 17.1 Å². The predicted molar refractivity (Wildman–Crippen MR) is 290 cm³/mol. The first kappa shape index (κ1) is 38.7. The van der Waals surface area contributed by atoms with Crippen molar-refractivity contribution >= 4 is 55.0 Å². The van der Waals surface area contributed by atoms with Gasteiger partial charge in [0, 0.05) is 17.1 Å². The lowest BCUT2D eigenvalue weighted by atomic mass is 9.79. The third-order valence-electron chi connectivity index (χ3n) is 14.8. The zero-order chi connectivity index (χ0) is 44.9. The molecule has 11 aromatic carbocycles. The van der Waals surface area contributed by atoms with Crippen molar-refractivity contribution in [1.29, 1.82) is 0 Å². The maximum atomic E-state index is 2.48. The minimum Gasteiger partial charge on any atom is -0.310 e. The Balaban J connectivity index is 1.12. The van der Waals surface area contributed by atoms with Crippen molar-refractivity contribution in [3.05, 3.63) is 242 Å². The largest absolute Gasteiger partial charge is 0.310 e. The second kappa shape index (κ2) is 15.3. The van der Waals surface area contributed by atoms with Crippen LogP contribution in [0.1, 0.15) is 18.9 Å². The van der Waals surface area contributed by atoms with Gasteiger partial charge in [0.1, 0.15) is 0 Å². The molecule has 68 heavy (non-hydrogen) atoms.